The second kappa shape index (κ2) is 4.68. The molecule has 3 heteroatoms. The average molecular weight is 293 g/mol. The largest absolute Gasteiger partial charge is 0.507 e. The van der Waals surface area contributed by atoms with E-state index in [9.17, 15) is 9.90 Å². The number of aromatic hydroxyl groups is 1. The Kier molecular flexibility index (Phi) is 2.88. The van der Waals surface area contributed by atoms with Crippen LogP contribution in [0.3, 0.4) is 0 Å². The summed E-state index contributed by atoms with van der Waals surface area (Å²) in [5.74, 6) is 0.0589. The number of hydrogen-bond donors (Lipinski definition) is 1. The second-order valence-corrected chi connectivity index (χ2v) is 6.46. The van der Waals surface area contributed by atoms with Crippen LogP contribution < -0.4 is 0 Å². The molecule has 1 saturated heterocycles. The van der Waals surface area contributed by atoms with Gasteiger partial charge in [-0.15, -0.1) is 0 Å². The minimum Gasteiger partial charge on any atom is -0.507 e. The first-order valence-electron chi connectivity index (χ1n) is 7.79. The number of nitrogens with zero attached hydrogens (tertiary/aromatic N) is 1. The van der Waals surface area contributed by atoms with Gasteiger partial charge in [-0.25, -0.2) is 0 Å². The van der Waals surface area contributed by atoms with Crippen molar-refractivity contribution in [3.8, 4) is 5.75 Å². The van der Waals surface area contributed by atoms with E-state index >= 15 is 0 Å². The predicted octanol–water partition coefficient (Wildman–Crippen LogP) is 2.95. The summed E-state index contributed by atoms with van der Waals surface area (Å²) in [6, 6.07) is 13.4. The molecule has 4 rings (SSSR count). The molecule has 1 fully saturated rings. The molecule has 0 radical (unpaired) electrons. The molecule has 2 aromatic rings. The first-order chi connectivity index (χ1) is 10.6. The Morgan fingerprint density at radius 1 is 1.00 bits per heavy atom. The number of rotatable bonds is 0. The Morgan fingerprint density at radius 2 is 1.68 bits per heavy atom. The number of carbonyl (C=O) groups excluding carboxylic acids is 1. The third-order valence-corrected chi connectivity index (χ3v) is 5.31. The topological polar surface area (TPSA) is 40.5 Å². The molecule has 2 aliphatic rings. The molecule has 112 valence electrons. The number of phenols is 1. The van der Waals surface area contributed by atoms with Crippen LogP contribution in [-0.4, -0.2) is 35.9 Å². The summed E-state index contributed by atoms with van der Waals surface area (Å²) in [7, 11) is 2.14. The van der Waals surface area contributed by atoms with E-state index in [1.165, 1.54) is 0 Å². The Labute approximate surface area is 130 Å². The summed E-state index contributed by atoms with van der Waals surface area (Å²) in [5.41, 5.74) is 3.24. The van der Waals surface area contributed by atoms with Crippen molar-refractivity contribution in [2.24, 2.45) is 0 Å². The van der Waals surface area contributed by atoms with Crippen molar-refractivity contribution in [2.75, 3.05) is 20.1 Å². The lowest BCUT2D eigenvalue weighted by Gasteiger charge is -2.45. The zero-order valence-corrected chi connectivity index (χ0v) is 12.7. The van der Waals surface area contributed by atoms with Crippen LogP contribution in [-0.2, 0) is 5.41 Å². The van der Waals surface area contributed by atoms with Gasteiger partial charge in [-0.3, -0.25) is 4.79 Å². The molecule has 1 N–H and O–H groups in total. The highest BCUT2D eigenvalue weighted by atomic mass is 16.3. The molecule has 0 saturated carbocycles. The standard InChI is InChI=1S/C19H19NO2/c1-20-11-9-19(10-12-20)14-6-3-2-5-13(14)18(22)17-15(19)7-4-8-16(17)21/h2-8,21H,9-12H2,1H3. The molecule has 22 heavy (non-hydrogen) atoms. The molecule has 3 nitrogen and oxygen atoms in total. The summed E-state index contributed by atoms with van der Waals surface area (Å²) in [4.78, 5) is 15.2. The van der Waals surface area contributed by atoms with E-state index in [2.05, 4.69) is 18.0 Å². The van der Waals surface area contributed by atoms with Gasteiger partial charge >= 0.3 is 0 Å². The monoisotopic (exact) mass is 293 g/mol. The van der Waals surface area contributed by atoms with Gasteiger partial charge in [-0.2, -0.15) is 0 Å². The fourth-order valence-corrected chi connectivity index (χ4v) is 4.09. The summed E-state index contributed by atoms with van der Waals surface area (Å²) >= 11 is 0. The first kappa shape index (κ1) is 13.5. The summed E-state index contributed by atoms with van der Waals surface area (Å²) in [5, 5.41) is 10.3. The predicted molar refractivity (Wildman–Crippen MR) is 85.5 cm³/mol. The van der Waals surface area contributed by atoms with Gasteiger partial charge in [-0.1, -0.05) is 36.4 Å². The van der Waals surface area contributed by atoms with Gasteiger partial charge < -0.3 is 10.0 Å². The van der Waals surface area contributed by atoms with Crippen molar-refractivity contribution in [1.29, 1.82) is 0 Å². The van der Waals surface area contributed by atoms with Crippen LogP contribution >= 0.6 is 0 Å². The molecule has 0 aromatic heterocycles. The van der Waals surface area contributed by atoms with Gasteiger partial charge in [0.2, 0.25) is 0 Å². The Hall–Kier alpha value is -2.13. The SMILES string of the molecule is CN1CCC2(CC1)c1ccccc1C(=O)c1c(O)cccc12. The smallest absolute Gasteiger partial charge is 0.197 e. The number of benzene rings is 2. The van der Waals surface area contributed by atoms with E-state index in [0.717, 1.165) is 42.6 Å². The highest BCUT2D eigenvalue weighted by molar-refractivity contribution is 6.14. The number of ketones is 1. The van der Waals surface area contributed by atoms with E-state index in [4.69, 9.17) is 0 Å². The molecular weight excluding hydrogens is 274 g/mol. The van der Waals surface area contributed by atoms with Crippen molar-refractivity contribution in [1.82, 2.24) is 4.90 Å². The lowest BCUT2D eigenvalue weighted by Crippen LogP contribution is -2.45. The van der Waals surface area contributed by atoms with E-state index in [-0.39, 0.29) is 16.9 Å². The van der Waals surface area contributed by atoms with Crippen LogP contribution in [0.15, 0.2) is 42.5 Å². The first-order valence-corrected chi connectivity index (χ1v) is 7.79. The number of carbonyl (C=O) groups is 1. The maximum absolute atomic E-state index is 12.8. The maximum Gasteiger partial charge on any atom is 0.197 e. The minimum absolute atomic E-state index is 0.0479. The molecule has 0 atom stereocenters. The third kappa shape index (κ3) is 1.69. The van der Waals surface area contributed by atoms with E-state index < -0.39 is 0 Å². The Morgan fingerprint density at radius 3 is 2.45 bits per heavy atom. The number of piperidine rings is 1. The highest BCUT2D eigenvalue weighted by Gasteiger charge is 2.45. The molecule has 1 heterocycles. The van der Waals surface area contributed by atoms with Crippen LogP contribution in [0.25, 0.3) is 0 Å². The lowest BCUT2D eigenvalue weighted by molar-refractivity contribution is 0.102. The van der Waals surface area contributed by atoms with Crippen molar-refractivity contribution in [3.63, 3.8) is 0 Å². The number of phenolic OH excluding ortho intramolecular Hbond substituents is 1. The van der Waals surface area contributed by atoms with Crippen LogP contribution in [0.2, 0.25) is 0 Å². The molecule has 1 spiro atoms. The zero-order chi connectivity index (χ0) is 15.3. The molecule has 1 aliphatic heterocycles. The van der Waals surface area contributed by atoms with Crippen LogP contribution in [0.5, 0.6) is 5.75 Å². The van der Waals surface area contributed by atoms with Crippen molar-refractivity contribution < 1.29 is 9.90 Å². The van der Waals surface area contributed by atoms with Crippen molar-refractivity contribution in [3.05, 3.63) is 64.7 Å². The second-order valence-electron chi connectivity index (χ2n) is 6.46. The number of hydrogen-bond acceptors (Lipinski definition) is 3. The minimum atomic E-state index is -0.148. The van der Waals surface area contributed by atoms with Gasteiger partial charge in [0, 0.05) is 11.0 Å². The molecule has 2 aromatic carbocycles. The van der Waals surface area contributed by atoms with Gasteiger partial charge in [0.15, 0.2) is 5.78 Å². The number of fused-ring (bicyclic) bond motifs is 4. The highest BCUT2D eigenvalue weighted by Crippen LogP contribution is 2.49. The Bertz CT molecular complexity index is 758. The van der Waals surface area contributed by atoms with Crippen molar-refractivity contribution in [2.45, 2.75) is 18.3 Å². The van der Waals surface area contributed by atoms with E-state index in [1.54, 1.807) is 6.07 Å². The van der Waals surface area contributed by atoms with Gasteiger partial charge in [-0.05, 0) is 50.2 Å². The van der Waals surface area contributed by atoms with Crippen LogP contribution in [0.4, 0.5) is 0 Å². The molecule has 0 unspecified atom stereocenters. The number of likely N-dealkylation sites (tertiary alicyclic amines) is 1. The fourth-order valence-electron chi connectivity index (χ4n) is 4.09. The zero-order valence-electron chi connectivity index (χ0n) is 12.7. The van der Waals surface area contributed by atoms with Gasteiger partial charge in [0.05, 0.1) is 5.56 Å². The molecule has 0 bridgehead atoms. The summed E-state index contributed by atoms with van der Waals surface area (Å²) in [6.45, 7) is 2.00. The normalized spacial score (nSPS) is 19.8. The molecule has 1 aliphatic carbocycles. The lowest BCUT2D eigenvalue weighted by atomic mass is 9.61. The van der Waals surface area contributed by atoms with Crippen LogP contribution in [0, 0.1) is 0 Å². The summed E-state index contributed by atoms with van der Waals surface area (Å²) < 4.78 is 0. The Balaban J connectivity index is 2.02. The fraction of sp³-hybridized carbons (Fsp3) is 0.316. The summed E-state index contributed by atoms with van der Waals surface area (Å²) in [6.07, 6.45) is 1.95. The van der Waals surface area contributed by atoms with Crippen LogP contribution in [0.1, 0.15) is 39.9 Å². The van der Waals surface area contributed by atoms with Gasteiger partial charge in [0.25, 0.3) is 0 Å². The van der Waals surface area contributed by atoms with Gasteiger partial charge in [0.1, 0.15) is 5.75 Å². The van der Waals surface area contributed by atoms with Crippen molar-refractivity contribution >= 4 is 5.78 Å². The van der Waals surface area contributed by atoms with E-state index in [1.807, 2.05) is 30.3 Å². The molecular formula is C19H19NO2. The van der Waals surface area contributed by atoms with E-state index in [0.29, 0.717) is 5.56 Å². The third-order valence-electron chi connectivity index (χ3n) is 5.31. The average Bonchev–Trinajstić information content (AvgIpc) is 2.55. The molecule has 0 amide bonds. The maximum atomic E-state index is 12.8. The quantitative estimate of drug-likeness (QED) is 0.812.